The van der Waals surface area contributed by atoms with Crippen LogP contribution in [0.25, 0.3) is 0 Å². The second-order valence-corrected chi connectivity index (χ2v) is 7.74. The molecule has 3 heterocycles. The Kier molecular flexibility index (Phi) is 5.15. The Hall–Kier alpha value is -0.830. The average molecular weight is 358 g/mol. The number of likely N-dealkylation sites (tertiary alicyclic amines) is 1. The minimum Gasteiger partial charge on any atom is -0.449 e. The van der Waals surface area contributed by atoms with Crippen LogP contribution in [-0.4, -0.2) is 62.3 Å². The van der Waals surface area contributed by atoms with E-state index in [-0.39, 0.29) is 11.3 Å². The number of aliphatic hydroxyl groups is 1. The fraction of sp³-hybridized carbons (Fsp3) is 0.733. The summed E-state index contributed by atoms with van der Waals surface area (Å²) in [7, 11) is 0. The molecule has 2 N–H and O–H groups in total. The molecule has 2 fully saturated rings. The van der Waals surface area contributed by atoms with E-state index in [0.717, 1.165) is 31.0 Å². The van der Waals surface area contributed by atoms with Gasteiger partial charge in [-0.1, -0.05) is 30.9 Å². The molecule has 0 aromatic heterocycles. The minimum absolute atomic E-state index is 0.0274. The first-order valence-electron chi connectivity index (χ1n) is 8.07. The lowest BCUT2D eigenvalue weighted by molar-refractivity contribution is 0.0573. The zero-order valence-corrected chi connectivity index (χ0v) is 14.7. The summed E-state index contributed by atoms with van der Waals surface area (Å²) in [5.74, 6) is 0.257. The predicted octanol–water partition coefficient (Wildman–Crippen LogP) is 2.44. The highest BCUT2D eigenvalue weighted by atomic mass is 32.2. The minimum atomic E-state index is -1.32. The van der Waals surface area contributed by atoms with Gasteiger partial charge in [-0.2, -0.15) is 0 Å². The number of hydrogen-bond donors (Lipinski definition) is 2. The molecule has 2 saturated heterocycles. The quantitative estimate of drug-likeness (QED) is 0.554. The summed E-state index contributed by atoms with van der Waals surface area (Å²) in [6.07, 6.45) is 2.05. The van der Waals surface area contributed by atoms with Gasteiger partial charge in [-0.05, 0) is 38.8 Å². The smallest absolute Gasteiger partial charge is 0.449 e. The maximum atomic E-state index is 11.0. The molecule has 8 heteroatoms. The highest BCUT2D eigenvalue weighted by Crippen LogP contribution is 2.52. The second kappa shape index (κ2) is 6.96. The fourth-order valence-electron chi connectivity index (χ4n) is 3.39. The van der Waals surface area contributed by atoms with Gasteiger partial charge in [0.1, 0.15) is 0 Å². The molecule has 0 amide bonds. The van der Waals surface area contributed by atoms with Gasteiger partial charge in [0.2, 0.25) is 5.88 Å². The molecule has 3 aliphatic heterocycles. The summed E-state index contributed by atoms with van der Waals surface area (Å²) in [6, 6.07) is 0. The van der Waals surface area contributed by atoms with Crippen LogP contribution in [0.15, 0.2) is 10.8 Å². The highest BCUT2D eigenvalue weighted by Gasteiger charge is 2.55. The number of rotatable bonds is 6. The van der Waals surface area contributed by atoms with Crippen LogP contribution in [0, 0.1) is 5.92 Å². The summed E-state index contributed by atoms with van der Waals surface area (Å²) in [4.78, 5) is 16.7. The van der Waals surface area contributed by atoms with E-state index in [1.807, 2.05) is 6.92 Å². The van der Waals surface area contributed by atoms with Gasteiger partial charge in [0, 0.05) is 11.4 Å². The van der Waals surface area contributed by atoms with Crippen LogP contribution in [0.3, 0.4) is 0 Å². The van der Waals surface area contributed by atoms with Crippen LogP contribution in [0.4, 0.5) is 4.79 Å². The summed E-state index contributed by atoms with van der Waals surface area (Å²) in [5, 5.41) is 19.1. The molecule has 0 saturated carbocycles. The number of thiocarbonyl (C=S) groups is 1. The van der Waals surface area contributed by atoms with Gasteiger partial charge >= 0.3 is 6.16 Å². The van der Waals surface area contributed by atoms with Crippen molar-refractivity contribution >= 4 is 35.1 Å². The third-order valence-electron chi connectivity index (χ3n) is 4.68. The number of ether oxygens (including phenoxy) is 1. The van der Waals surface area contributed by atoms with Crippen LogP contribution in [0.5, 0.6) is 0 Å². The molecule has 3 rings (SSSR count). The van der Waals surface area contributed by atoms with Crippen LogP contribution < -0.4 is 0 Å². The second-order valence-electron chi connectivity index (χ2n) is 6.11. The van der Waals surface area contributed by atoms with Gasteiger partial charge in [-0.15, -0.1) is 0 Å². The summed E-state index contributed by atoms with van der Waals surface area (Å²) >= 11 is 6.99. The molecule has 0 radical (unpaired) electrons. The Bertz CT molecular complexity index is 534. The highest BCUT2D eigenvalue weighted by molar-refractivity contribution is 8.04. The zero-order valence-electron chi connectivity index (χ0n) is 13.1. The first-order chi connectivity index (χ1) is 11.0. The summed E-state index contributed by atoms with van der Waals surface area (Å²) < 4.78 is 5.02. The number of carbonyl (C=O) groups is 1. The van der Waals surface area contributed by atoms with E-state index in [0.29, 0.717) is 17.3 Å². The molecule has 0 spiro atoms. The summed E-state index contributed by atoms with van der Waals surface area (Å²) in [6.45, 7) is 5.04. The van der Waals surface area contributed by atoms with Crippen molar-refractivity contribution in [1.29, 1.82) is 0 Å². The van der Waals surface area contributed by atoms with Crippen LogP contribution in [0.1, 0.15) is 32.6 Å². The first kappa shape index (κ1) is 17.0. The largest absolute Gasteiger partial charge is 0.512 e. The first-order valence-corrected chi connectivity index (χ1v) is 9.35. The van der Waals surface area contributed by atoms with Crippen molar-refractivity contribution in [3.63, 3.8) is 0 Å². The van der Waals surface area contributed by atoms with Crippen molar-refractivity contribution < 1.29 is 19.7 Å². The Balaban J connectivity index is 1.71. The third-order valence-corrected chi connectivity index (χ3v) is 6.55. The number of nitrogens with zero attached hydrogens (tertiary/aromatic N) is 2. The lowest BCUT2D eigenvalue weighted by atomic mass is 9.91. The molecular weight excluding hydrogens is 336 g/mol. The Morgan fingerprint density at radius 3 is 2.78 bits per heavy atom. The molecular formula is C15H22N2O4S2. The van der Waals surface area contributed by atoms with Gasteiger partial charge < -0.3 is 19.8 Å². The van der Waals surface area contributed by atoms with E-state index < -0.39 is 12.3 Å². The SMILES string of the molecule is CC[C@H](O)[C@H]1C(=S)N2C(OC(=O)O)=C(CCN3CCCC3)S[C@H]12. The number of carboxylic acid groups (broad SMARTS) is 1. The van der Waals surface area contributed by atoms with E-state index in [9.17, 15) is 9.90 Å². The number of thioether (sulfide) groups is 1. The fourth-order valence-corrected chi connectivity index (χ4v) is 5.54. The molecule has 0 bridgehead atoms. The van der Waals surface area contributed by atoms with Crippen LogP contribution >= 0.6 is 24.0 Å². The molecule has 128 valence electrons. The average Bonchev–Trinajstić information content (AvgIpc) is 3.11. The molecule has 0 aromatic rings. The van der Waals surface area contributed by atoms with Crippen molar-refractivity contribution in [3.8, 4) is 0 Å². The van der Waals surface area contributed by atoms with Gasteiger partial charge in [-0.25, -0.2) is 4.79 Å². The van der Waals surface area contributed by atoms with Gasteiger partial charge in [0.25, 0.3) is 0 Å². The molecule has 6 nitrogen and oxygen atoms in total. The standard InChI is InChI=1S/C15H22N2O4S2/c1-2-9(18)11-13(22)17-12(21-15(19)20)10(23-14(11)17)5-8-16-6-3-4-7-16/h9,11,14,18H,2-8H2,1H3,(H,19,20)/t9-,11-,14+/m0/s1. The van der Waals surface area contributed by atoms with Crippen molar-refractivity contribution in [2.45, 2.75) is 44.1 Å². The monoisotopic (exact) mass is 358 g/mol. The molecule has 3 aliphatic rings. The van der Waals surface area contributed by atoms with Crippen LogP contribution in [-0.2, 0) is 4.74 Å². The van der Waals surface area contributed by atoms with Crippen molar-refractivity contribution in [2.75, 3.05) is 19.6 Å². The third kappa shape index (κ3) is 3.22. The van der Waals surface area contributed by atoms with Gasteiger partial charge in [-0.3, -0.25) is 4.90 Å². The van der Waals surface area contributed by atoms with E-state index in [1.54, 1.807) is 16.7 Å². The van der Waals surface area contributed by atoms with E-state index >= 15 is 0 Å². The lowest BCUT2D eigenvalue weighted by Gasteiger charge is -2.46. The molecule has 3 atom stereocenters. The Morgan fingerprint density at radius 2 is 2.17 bits per heavy atom. The van der Waals surface area contributed by atoms with E-state index in [2.05, 4.69) is 4.90 Å². The predicted molar refractivity (Wildman–Crippen MR) is 92.0 cm³/mol. The normalized spacial score (nSPS) is 28.8. The van der Waals surface area contributed by atoms with Gasteiger partial charge in [0.05, 0.1) is 22.4 Å². The van der Waals surface area contributed by atoms with Crippen LogP contribution in [0.2, 0.25) is 0 Å². The molecule has 23 heavy (non-hydrogen) atoms. The summed E-state index contributed by atoms with van der Waals surface area (Å²) in [5.41, 5.74) is 0. The zero-order chi connectivity index (χ0) is 16.6. The van der Waals surface area contributed by atoms with E-state index in [4.69, 9.17) is 22.1 Å². The number of hydrogen-bond acceptors (Lipinski definition) is 6. The van der Waals surface area contributed by atoms with Gasteiger partial charge in [0.15, 0.2) is 0 Å². The van der Waals surface area contributed by atoms with Crippen molar-refractivity contribution in [1.82, 2.24) is 9.80 Å². The van der Waals surface area contributed by atoms with E-state index in [1.165, 1.54) is 12.8 Å². The van der Waals surface area contributed by atoms with Crippen molar-refractivity contribution in [2.24, 2.45) is 5.92 Å². The Labute approximate surface area is 145 Å². The maximum absolute atomic E-state index is 11.0. The number of aliphatic hydroxyl groups excluding tert-OH is 1. The molecule has 0 aromatic carbocycles. The number of fused-ring (bicyclic) bond motifs is 1. The Morgan fingerprint density at radius 1 is 1.48 bits per heavy atom. The topological polar surface area (TPSA) is 73.2 Å². The maximum Gasteiger partial charge on any atom is 0.512 e. The van der Waals surface area contributed by atoms with Crippen molar-refractivity contribution in [3.05, 3.63) is 10.8 Å². The molecule has 0 unspecified atom stereocenters. The molecule has 0 aliphatic carbocycles. The lowest BCUT2D eigenvalue weighted by Crippen LogP contribution is -2.59.